The highest BCUT2D eigenvalue weighted by molar-refractivity contribution is 5.95. The Labute approximate surface area is 88.5 Å². The van der Waals surface area contributed by atoms with E-state index in [4.69, 9.17) is 0 Å². The lowest BCUT2D eigenvalue weighted by molar-refractivity contribution is -0.115. The number of hydrogen-bond donors (Lipinski definition) is 2. The Balaban J connectivity index is 2.40. The van der Waals surface area contributed by atoms with Crippen LogP contribution in [0.15, 0.2) is 24.3 Å². The summed E-state index contributed by atoms with van der Waals surface area (Å²) in [6, 6.07) is 8.06. The Morgan fingerprint density at radius 2 is 2.13 bits per heavy atom. The molecular formula is C12H14N2O. The van der Waals surface area contributed by atoms with Gasteiger partial charge in [0, 0.05) is 16.6 Å². The molecule has 0 aliphatic rings. The molecule has 0 bridgehead atoms. The molecule has 2 aromatic rings. The molecule has 0 atom stereocenters. The molecule has 0 saturated carbocycles. The molecule has 0 unspecified atom stereocenters. The number of fused-ring (bicyclic) bond motifs is 1. The van der Waals surface area contributed by atoms with Crippen LogP contribution in [0.4, 0.5) is 5.69 Å². The van der Waals surface area contributed by atoms with Crippen LogP contribution in [0.25, 0.3) is 10.9 Å². The summed E-state index contributed by atoms with van der Waals surface area (Å²) in [6.07, 6.45) is 0. The van der Waals surface area contributed by atoms with E-state index in [2.05, 4.69) is 10.3 Å². The molecule has 0 fully saturated rings. The van der Waals surface area contributed by atoms with Crippen LogP contribution in [0, 0.1) is 6.92 Å². The first-order valence-corrected chi connectivity index (χ1v) is 4.99. The maximum absolute atomic E-state index is 10.9. The van der Waals surface area contributed by atoms with Crippen LogP contribution in [-0.2, 0) is 4.79 Å². The van der Waals surface area contributed by atoms with Crippen LogP contribution in [0.5, 0.6) is 0 Å². The first kappa shape index (κ1) is 9.77. The topological polar surface area (TPSA) is 44.9 Å². The fourth-order valence-electron chi connectivity index (χ4n) is 1.72. The van der Waals surface area contributed by atoms with E-state index in [1.54, 1.807) is 6.92 Å². The summed E-state index contributed by atoms with van der Waals surface area (Å²) in [5.41, 5.74) is 3.19. The number of rotatable bonds is 3. The first-order chi connectivity index (χ1) is 7.18. The average Bonchev–Trinajstić information content (AvgIpc) is 2.50. The number of anilines is 1. The molecular weight excluding hydrogens is 188 g/mol. The van der Waals surface area contributed by atoms with Gasteiger partial charge in [0.25, 0.3) is 0 Å². The first-order valence-electron chi connectivity index (χ1n) is 4.99. The van der Waals surface area contributed by atoms with Crippen molar-refractivity contribution in [3.63, 3.8) is 0 Å². The molecule has 78 valence electrons. The number of carbonyl (C=O) groups is 1. The number of H-pyrrole nitrogens is 1. The van der Waals surface area contributed by atoms with Crippen LogP contribution in [-0.4, -0.2) is 17.3 Å². The third-order valence-corrected chi connectivity index (χ3v) is 2.41. The lowest BCUT2D eigenvalue weighted by Gasteiger charge is -2.03. The van der Waals surface area contributed by atoms with Crippen molar-refractivity contribution >= 4 is 22.4 Å². The number of para-hydroxylation sites is 1. The summed E-state index contributed by atoms with van der Waals surface area (Å²) < 4.78 is 0. The van der Waals surface area contributed by atoms with Crippen molar-refractivity contribution < 1.29 is 4.79 Å². The number of Topliss-reactive ketones (excluding diaryl/α,β-unsaturated/α-hetero) is 1. The summed E-state index contributed by atoms with van der Waals surface area (Å²) in [5, 5.41) is 4.29. The van der Waals surface area contributed by atoms with Gasteiger partial charge in [-0.3, -0.25) is 4.79 Å². The second-order valence-electron chi connectivity index (χ2n) is 3.73. The van der Waals surface area contributed by atoms with E-state index >= 15 is 0 Å². The molecule has 0 spiro atoms. The largest absolute Gasteiger partial charge is 0.376 e. The molecule has 0 aliphatic carbocycles. The van der Waals surface area contributed by atoms with Crippen molar-refractivity contribution in [1.82, 2.24) is 4.98 Å². The minimum atomic E-state index is 0.139. The molecule has 3 heteroatoms. The quantitative estimate of drug-likeness (QED) is 0.803. The summed E-state index contributed by atoms with van der Waals surface area (Å²) in [4.78, 5) is 14.2. The monoisotopic (exact) mass is 202 g/mol. The lowest BCUT2D eigenvalue weighted by atomic mass is 10.2. The molecule has 0 radical (unpaired) electrons. The number of aromatic nitrogens is 1. The van der Waals surface area contributed by atoms with E-state index in [9.17, 15) is 4.79 Å². The highest BCUT2D eigenvalue weighted by Gasteiger charge is 2.07. The van der Waals surface area contributed by atoms with Gasteiger partial charge in [-0.15, -0.1) is 0 Å². The van der Waals surface area contributed by atoms with Crippen molar-refractivity contribution in [2.45, 2.75) is 13.8 Å². The molecule has 1 aromatic heterocycles. The molecule has 3 nitrogen and oxygen atoms in total. The Kier molecular flexibility index (Phi) is 2.46. The van der Waals surface area contributed by atoms with Gasteiger partial charge < -0.3 is 10.3 Å². The van der Waals surface area contributed by atoms with Gasteiger partial charge >= 0.3 is 0 Å². The summed E-state index contributed by atoms with van der Waals surface area (Å²) in [5.74, 6) is 0.139. The van der Waals surface area contributed by atoms with Crippen molar-refractivity contribution in [3.05, 3.63) is 30.0 Å². The molecule has 0 aliphatic heterocycles. The fraction of sp³-hybridized carbons (Fsp3) is 0.250. The lowest BCUT2D eigenvalue weighted by Crippen LogP contribution is -2.10. The smallest absolute Gasteiger partial charge is 0.148 e. The van der Waals surface area contributed by atoms with E-state index in [1.165, 1.54) is 0 Å². The van der Waals surface area contributed by atoms with Gasteiger partial charge in [0.2, 0.25) is 0 Å². The van der Waals surface area contributed by atoms with Crippen molar-refractivity contribution in [2.75, 3.05) is 11.9 Å². The van der Waals surface area contributed by atoms with E-state index in [1.807, 2.05) is 31.2 Å². The molecule has 2 N–H and O–H groups in total. The van der Waals surface area contributed by atoms with Gasteiger partial charge in [-0.05, 0) is 19.9 Å². The van der Waals surface area contributed by atoms with Crippen LogP contribution in [0.3, 0.4) is 0 Å². The van der Waals surface area contributed by atoms with Crippen LogP contribution < -0.4 is 5.32 Å². The van der Waals surface area contributed by atoms with Gasteiger partial charge in [0.15, 0.2) is 0 Å². The van der Waals surface area contributed by atoms with Gasteiger partial charge in [0.1, 0.15) is 5.78 Å². The summed E-state index contributed by atoms with van der Waals surface area (Å²) >= 11 is 0. The normalized spacial score (nSPS) is 10.5. The number of aryl methyl sites for hydroxylation is 1. The number of benzene rings is 1. The van der Waals surface area contributed by atoms with Gasteiger partial charge in [-0.2, -0.15) is 0 Å². The number of nitrogens with one attached hydrogen (secondary N) is 2. The van der Waals surface area contributed by atoms with E-state index in [0.717, 1.165) is 22.3 Å². The van der Waals surface area contributed by atoms with E-state index in [0.29, 0.717) is 6.54 Å². The number of hydrogen-bond acceptors (Lipinski definition) is 2. The Bertz CT molecular complexity index is 499. The zero-order chi connectivity index (χ0) is 10.8. The zero-order valence-corrected chi connectivity index (χ0v) is 8.92. The molecule has 2 rings (SSSR count). The van der Waals surface area contributed by atoms with Crippen LogP contribution in [0.2, 0.25) is 0 Å². The number of carbonyl (C=O) groups excluding carboxylic acids is 1. The van der Waals surface area contributed by atoms with E-state index < -0.39 is 0 Å². The minimum absolute atomic E-state index is 0.139. The predicted octanol–water partition coefficient (Wildman–Crippen LogP) is 2.48. The second-order valence-corrected chi connectivity index (χ2v) is 3.73. The maximum Gasteiger partial charge on any atom is 0.148 e. The molecule has 1 heterocycles. The van der Waals surface area contributed by atoms with E-state index in [-0.39, 0.29) is 5.78 Å². The van der Waals surface area contributed by atoms with Crippen molar-refractivity contribution in [1.29, 1.82) is 0 Å². The molecule has 1 aromatic carbocycles. The summed E-state index contributed by atoms with van der Waals surface area (Å²) in [6.45, 7) is 3.96. The van der Waals surface area contributed by atoms with Crippen molar-refractivity contribution in [2.24, 2.45) is 0 Å². The van der Waals surface area contributed by atoms with Crippen LogP contribution >= 0.6 is 0 Å². The maximum atomic E-state index is 10.9. The number of aromatic amines is 1. The third-order valence-electron chi connectivity index (χ3n) is 2.41. The fourth-order valence-corrected chi connectivity index (χ4v) is 1.72. The molecule has 0 saturated heterocycles. The zero-order valence-electron chi connectivity index (χ0n) is 8.92. The van der Waals surface area contributed by atoms with Gasteiger partial charge in [-0.25, -0.2) is 0 Å². The van der Waals surface area contributed by atoms with Crippen LogP contribution in [0.1, 0.15) is 12.6 Å². The van der Waals surface area contributed by atoms with Crippen molar-refractivity contribution in [3.8, 4) is 0 Å². The Hall–Kier alpha value is -1.77. The van der Waals surface area contributed by atoms with Gasteiger partial charge in [-0.1, -0.05) is 18.2 Å². The highest BCUT2D eigenvalue weighted by atomic mass is 16.1. The predicted molar refractivity (Wildman–Crippen MR) is 62.2 cm³/mol. The van der Waals surface area contributed by atoms with Gasteiger partial charge in [0.05, 0.1) is 12.2 Å². The third kappa shape index (κ3) is 1.86. The standard InChI is InChI=1S/C12H14N2O/c1-8(15)7-13-12-9(2)14-11-6-4-3-5-10(11)12/h3-6,13-14H,7H2,1-2H3. The SMILES string of the molecule is CC(=O)CNc1c(C)[nH]c2ccccc12. The second kappa shape index (κ2) is 3.77. The Morgan fingerprint density at radius 1 is 1.40 bits per heavy atom. The summed E-state index contributed by atoms with van der Waals surface area (Å²) in [7, 11) is 0. The number of ketones is 1. The minimum Gasteiger partial charge on any atom is -0.376 e. The molecule has 15 heavy (non-hydrogen) atoms. The highest BCUT2D eigenvalue weighted by Crippen LogP contribution is 2.26. The Morgan fingerprint density at radius 3 is 2.87 bits per heavy atom. The average molecular weight is 202 g/mol. The molecule has 0 amide bonds.